The maximum Gasteiger partial charge on any atom is 0.320 e. The summed E-state index contributed by atoms with van der Waals surface area (Å²) in [5, 5.41) is 0. The van der Waals surface area contributed by atoms with Crippen LogP contribution in [0.4, 0.5) is 0 Å². The van der Waals surface area contributed by atoms with Gasteiger partial charge in [0, 0.05) is 5.92 Å². The average Bonchev–Trinajstić information content (AvgIpc) is 2.80. The van der Waals surface area contributed by atoms with Gasteiger partial charge in [-0.15, -0.1) is 0 Å². The van der Waals surface area contributed by atoms with Gasteiger partial charge in [0.05, 0.1) is 23.9 Å². The van der Waals surface area contributed by atoms with Crippen LogP contribution in [0.25, 0.3) is 0 Å². The molecule has 1 heterocycles. The maximum atomic E-state index is 12.4. The van der Waals surface area contributed by atoms with E-state index < -0.39 is 33.6 Å². The standard InChI is InChI=1S/C15H18O6S/c1-3-20-14(16)13-11(8-21-15(13)17)9-22(18,19)12-6-4-10(2)5-7-12/h4-7,11,13H,3,8-9H2,1-2H3/t11-,13+/m1/s1. The molecule has 0 aliphatic carbocycles. The Balaban J connectivity index is 2.19. The minimum atomic E-state index is -3.61. The van der Waals surface area contributed by atoms with E-state index in [1.165, 1.54) is 12.1 Å². The number of aryl methyl sites for hydroxylation is 1. The van der Waals surface area contributed by atoms with Crippen molar-refractivity contribution in [2.24, 2.45) is 11.8 Å². The summed E-state index contributed by atoms with van der Waals surface area (Å²) in [5.74, 6) is -3.67. The molecule has 6 nitrogen and oxygen atoms in total. The number of rotatable bonds is 5. The highest BCUT2D eigenvalue weighted by molar-refractivity contribution is 7.91. The molecule has 22 heavy (non-hydrogen) atoms. The number of cyclic esters (lactones) is 1. The molecule has 0 bridgehead atoms. The lowest BCUT2D eigenvalue weighted by Gasteiger charge is -2.14. The highest BCUT2D eigenvalue weighted by atomic mass is 32.2. The van der Waals surface area contributed by atoms with E-state index in [0.29, 0.717) is 0 Å². The van der Waals surface area contributed by atoms with Crippen molar-refractivity contribution in [3.63, 3.8) is 0 Å². The predicted octanol–water partition coefficient (Wildman–Crippen LogP) is 1.12. The summed E-state index contributed by atoms with van der Waals surface area (Å²) in [6, 6.07) is 6.43. The lowest BCUT2D eigenvalue weighted by Crippen LogP contribution is -2.31. The largest absolute Gasteiger partial charge is 0.465 e. The van der Waals surface area contributed by atoms with Crippen LogP contribution in [0.1, 0.15) is 12.5 Å². The molecule has 1 aromatic rings. The molecule has 0 radical (unpaired) electrons. The summed E-state index contributed by atoms with van der Waals surface area (Å²) in [6.07, 6.45) is 0. The second-order valence-electron chi connectivity index (χ2n) is 5.21. The lowest BCUT2D eigenvalue weighted by molar-refractivity contribution is -0.156. The Morgan fingerprint density at radius 2 is 1.95 bits per heavy atom. The summed E-state index contributed by atoms with van der Waals surface area (Å²) < 4.78 is 34.5. The van der Waals surface area contributed by atoms with Crippen LogP contribution in [-0.4, -0.2) is 39.3 Å². The number of carbonyl (C=O) groups excluding carboxylic acids is 2. The van der Waals surface area contributed by atoms with Gasteiger partial charge in [-0.1, -0.05) is 17.7 Å². The molecule has 1 fully saturated rings. The van der Waals surface area contributed by atoms with Gasteiger partial charge in [0.25, 0.3) is 0 Å². The highest BCUT2D eigenvalue weighted by Gasteiger charge is 2.45. The molecule has 2 atom stereocenters. The molecule has 7 heteroatoms. The van der Waals surface area contributed by atoms with Gasteiger partial charge in [-0.3, -0.25) is 9.59 Å². The normalized spacial score (nSPS) is 21.5. The van der Waals surface area contributed by atoms with Gasteiger partial charge >= 0.3 is 11.9 Å². The lowest BCUT2D eigenvalue weighted by atomic mass is 9.98. The van der Waals surface area contributed by atoms with Crippen LogP contribution in [0.15, 0.2) is 29.2 Å². The summed E-state index contributed by atoms with van der Waals surface area (Å²) in [4.78, 5) is 23.6. The highest BCUT2D eigenvalue weighted by Crippen LogP contribution is 2.27. The summed E-state index contributed by atoms with van der Waals surface area (Å²) in [7, 11) is -3.61. The van der Waals surface area contributed by atoms with Gasteiger partial charge < -0.3 is 9.47 Å². The molecular formula is C15H18O6S. The fraction of sp³-hybridized carbons (Fsp3) is 0.467. The van der Waals surface area contributed by atoms with E-state index in [2.05, 4.69) is 0 Å². The summed E-state index contributed by atoms with van der Waals surface area (Å²) >= 11 is 0. The molecule has 0 amide bonds. The molecule has 0 aromatic heterocycles. The van der Waals surface area contributed by atoms with Crippen molar-refractivity contribution < 1.29 is 27.5 Å². The number of ether oxygens (including phenoxy) is 2. The van der Waals surface area contributed by atoms with Gasteiger partial charge in [-0.2, -0.15) is 0 Å². The first-order chi connectivity index (χ1) is 10.3. The molecule has 1 aliphatic rings. The number of carbonyl (C=O) groups is 2. The first kappa shape index (κ1) is 16.5. The van der Waals surface area contributed by atoms with E-state index in [1.807, 2.05) is 6.92 Å². The smallest absolute Gasteiger partial charge is 0.320 e. The van der Waals surface area contributed by atoms with Gasteiger partial charge in [-0.05, 0) is 26.0 Å². The fourth-order valence-corrected chi connectivity index (χ4v) is 3.95. The topological polar surface area (TPSA) is 86.7 Å². The molecule has 2 rings (SSSR count). The monoisotopic (exact) mass is 326 g/mol. The van der Waals surface area contributed by atoms with Crippen molar-refractivity contribution in [1.29, 1.82) is 0 Å². The molecule has 0 saturated carbocycles. The van der Waals surface area contributed by atoms with Crippen LogP contribution in [0, 0.1) is 18.8 Å². The maximum absolute atomic E-state index is 12.4. The van der Waals surface area contributed by atoms with Crippen LogP contribution >= 0.6 is 0 Å². The van der Waals surface area contributed by atoms with Crippen LogP contribution in [0.5, 0.6) is 0 Å². The van der Waals surface area contributed by atoms with E-state index in [9.17, 15) is 18.0 Å². The minimum absolute atomic E-state index is 0.0899. The third kappa shape index (κ3) is 3.47. The van der Waals surface area contributed by atoms with E-state index >= 15 is 0 Å². The molecule has 1 aliphatic heterocycles. The van der Waals surface area contributed by atoms with E-state index in [1.54, 1.807) is 19.1 Å². The van der Waals surface area contributed by atoms with Crippen molar-refractivity contribution in [2.75, 3.05) is 19.0 Å². The molecule has 1 saturated heterocycles. The van der Waals surface area contributed by atoms with Crippen molar-refractivity contribution in [3.05, 3.63) is 29.8 Å². The molecule has 0 spiro atoms. The quantitative estimate of drug-likeness (QED) is 0.595. The average molecular weight is 326 g/mol. The Morgan fingerprint density at radius 3 is 2.55 bits per heavy atom. The molecule has 0 unspecified atom stereocenters. The number of sulfone groups is 1. The Labute approximate surface area is 129 Å². The van der Waals surface area contributed by atoms with E-state index in [-0.39, 0.29) is 23.9 Å². The second kappa shape index (κ2) is 6.48. The molecule has 120 valence electrons. The first-order valence-corrected chi connectivity index (χ1v) is 8.63. The third-order valence-corrected chi connectivity index (χ3v) is 5.38. The van der Waals surface area contributed by atoms with E-state index in [0.717, 1.165) is 5.56 Å². The van der Waals surface area contributed by atoms with Gasteiger partial charge in [0.1, 0.15) is 0 Å². The first-order valence-electron chi connectivity index (χ1n) is 6.98. The van der Waals surface area contributed by atoms with E-state index in [4.69, 9.17) is 9.47 Å². The minimum Gasteiger partial charge on any atom is -0.465 e. The van der Waals surface area contributed by atoms with Crippen molar-refractivity contribution >= 4 is 21.8 Å². The molecule has 1 aromatic carbocycles. The van der Waals surface area contributed by atoms with Crippen LogP contribution in [0.2, 0.25) is 0 Å². The molecule has 0 N–H and O–H groups in total. The SMILES string of the molecule is CCOC(=O)[C@H]1C(=O)OC[C@@H]1CS(=O)(=O)c1ccc(C)cc1. The van der Waals surface area contributed by atoms with Crippen LogP contribution in [0.3, 0.4) is 0 Å². The summed E-state index contributed by atoms with van der Waals surface area (Å²) in [5.41, 5.74) is 0.947. The van der Waals surface area contributed by atoms with Crippen molar-refractivity contribution in [1.82, 2.24) is 0 Å². The Hall–Kier alpha value is -1.89. The van der Waals surface area contributed by atoms with Gasteiger partial charge in [0.15, 0.2) is 15.8 Å². The number of hydrogen-bond donors (Lipinski definition) is 0. The zero-order valence-corrected chi connectivity index (χ0v) is 13.3. The van der Waals surface area contributed by atoms with Crippen LogP contribution < -0.4 is 0 Å². The number of benzene rings is 1. The Kier molecular flexibility index (Phi) is 4.85. The number of esters is 2. The zero-order chi connectivity index (χ0) is 16.3. The van der Waals surface area contributed by atoms with Crippen LogP contribution in [-0.2, 0) is 28.9 Å². The third-order valence-electron chi connectivity index (χ3n) is 3.52. The molecular weight excluding hydrogens is 308 g/mol. The predicted molar refractivity (Wildman–Crippen MR) is 77.8 cm³/mol. The summed E-state index contributed by atoms with van der Waals surface area (Å²) in [6.45, 7) is 3.51. The van der Waals surface area contributed by atoms with Crippen molar-refractivity contribution in [3.8, 4) is 0 Å². The van der Waals surface area contributed by atoms with Crippen molar-refractivity contribution in [2.45, 2.75) is 18.7 Å². The van der Waals surface area contributed by atoms with Gasteiger partial charge in [-0.25, -0.2) is 8.42 Å². The number of hydrogen-bond acceptors (Lipinski definition) is 6. The zero-order valence-electron chi connectivity index (χ0n) is 12.4. The second-order valence-corrected chi connectivity index (χ2v) is 7.25. The van der Waals surface area contributed by atoms with Gasteiger partial charge in [0.2, 0.25) is 0 Å². The Morgan fingerprint density at radius 1 is 1.32 bits per heavy atom. The Bertz CT molecular complexity index is 662. The fourth-order valence-electron chi connectivity index (χ4n) is 2.36.